The molecule has 0 radical (unpaired) electrons. The van der Waals surface area contributed by atoms with Gasteiger partial charge in [-0.2, -0.15) is 0 Å². The van der Waals surface area contributed by atoms with Crippen LogP contribution in [0.3, 0.4) is 0 Å². The van der Waals surface area contributed by atoms with Crippen molar-refractivity contribution in [1.82, 2.24) is 0 Å². The molecule has 1 saturated heterocycles. The fraction of sp³-hybridized carbons (Fsp3) is 0.316. The lowest BCUT2D eigenvalue weighted by molar-refractivity contribution is -0.384. The maximum atomic E-state index is 10.7. The molecule has 26 heavy (non-hydrogen) atoms. The number of nitrogens with zero attached hydrogens (tertiary/aromatic N) is 2. The first-order chi connectivity index (χ1) is 12.5. The summed E-state index contributed by atoms with van der Waals surface area (Å²) in [4.78, 5) is 12.7. The number of hydrogen-bond donors (Lipinski definition) is 2. The molecular formula is C19H22N4O2S. The highest BCUT2D eigenvalue weighted by Gasteiger charge is 2.15. The molecule has 2 N–H and O–H groups in total. The van der Waals surface area contributed by atoms with Crippen LogP contribution in [0.4, 0.5) is 22.7 Å². The Morgan fingerprint density at radius 3 is 2.04 bits per heavy atom. The van der Waals surface area contributed by atoms with Gasteiger partial charge in [-0.1, -0.05) is 6.92 Å². The Kier molecular flexibility index (Phi) is 5.68. The Morgan fingerprint density at radius 2 is 1.54 bits per heavy atom. The van der Waals surface area contributed by atoms with Crippen molar-refractivity contribution in [3.8, 4) is 0 Å². The summed E-state index contributed by atoms with van der Waals surface area (Å²) in [7, 11) is 0. The molecule has 136 valence electrons. The molecular weight excluding hydrogens is 348 g/mol. The number of anilines is 3. The monoisotopic (exact) mass is 370 g/mol. The van der Waals surface area contributed by atoms with Gasteiger partial charge in [-0.3, -0.25) is 10.1 Å². The minimum atomic E-state index is -0.426. The second-order valence-electron chi connectivity index (χ2n) is 6.60. The molecule has 0 unspecified atom stereocenters. The molecule has 2 aromatic carbocycles. The lowest BCUT2D eigenvalue weighted by Gasteiger charge is -2.32. The average molecular weight is 370 g/mol. The predicted molar refractivity (Wildman–Crippen MR) is 110 cm³/mol. The molecule has 1 fully saturated rings. The molecule has 1 aliphatic rings. The summed E-state index contributed by atoms with van der Waals surface area (Å²) in [5, 5.41) is 17.3. The maximum absolute atomic E-state index is 10.7. The first-order valence-electron chi connectivity index (χ1n) is 8.69. The zero-order valence-corrected chi connectivity index (χ0v) is 15.5. The van der Waals surface area contributed by atoms with E-state index in [1.165, 1.54) is 30.7 Å². The first kappa shape index (κ1) is 18.1. The Balaban J connectivity index is 1.55. The van der Waals surface area contributed by atoms with Gasteiger partial charge in [0.05, 0.1) is 4.92 Å². The summed E-state index contributed by atoms with van der Waals surface area (Å²) in [6, 6.07) is 14.4. The van der Waals surface area contributed by atoms with Crippen LogP contribution >= 0.6 is 12.2 Å². The van der Waals surface area contributed by atoms with Crippen LogP contribution in [0, 0.1) is 16.0 Å². The summed E-state index contributed by atoms with van der Waals surface area (Å²) < 4.78 is 0. The minimum Gasteiger partial charge on any atom is -0.372 e. The van der Waals surface area contributed by atoms with E-state index in [0.717, 1.165) is 24.7 Å². The predicted octanol–water partition coefficient (Wildman–Crippen LogP) is 4.64. The SMILES string of the molecule is CC1CCN(c2ccc(NC(=S)Nc3ccc([N+](=O)[O-])cc3)cc2)CC1. The third-order valence-electron chi connectivity index (χ3n) is 4.61. The van der Waals surface area contributed by atoms with Crippen molar-refractivity contribution < 1.29 is 4.92 Å². The third kappa shape index (κ3) is 4.70. The quantitative estimate of drug-likeness (QED) is 0.464. The van der Waals surface area contributed by atoms with E-state index >= 15 is 0 Å². The summed E-state index contributed by atoms with van der Waals surface area (Å²) in [6.45, 7) is 4.52. The molecule has 0 atom stereocenters. The molecule has 0 aromatic heterocycles. The number of benzene rings is 2. The molecule has 0 bridgehead atoms. The van der Waals surface area contributed by atoms with Gasteiger partial charge in [-0.25, -0.2) is 0 Å². The van der Waals surface area contributed by atoms with E-state index in [1.807, 2.05) is 12.1 Å². The van der Waals surface area contributed by atoms with Crippen LogP contribution in [-0.2, 0) is 0 Å². The molecule has 0 saturated carbocycles. The summed E-state index contributed by atoms with van der Waals surface area (Å²) in [5.74, 6) is 0.815. The molecule has 1 heterocycles. The number of rotatable bonds is 4. The van der Waals surface area contributed by atoms with Gasteiger partial charge >= 0.3 is 0 Å². The van der Waals surface area contributed by atoms with Gasteiger partial charge in [0.25, 0.3) is 5.69 Å². The van der Waals surface area contributed by atoms with Gasteiger partial charge in [0.2, 0.25) is 0 Å². The van der Waals surface area contributed by atoms with Gasteiger partial charge in [0, 0.05) is 42.3 Å². The summed E-state index contributed by atoms with van der Waals surface area (Å²) >= 11 is 5.31. The Hall–Kier alpha value is -2.67. The van der Waals surface area contributed by atoms with E-state index in [2.05, 4.69) is 34.6 Å². The van der Waals surface area contributed by atoms with Crippen molar-refractivity contribution in [1.29, 1.82) is 0 Å². The van der Waals surface area contributed by atoms with Crippen LogP contribution in [-0.4, -0.2) is 23.1 Å². The largest absolute Gasteiger partial charge is 0.372 e. The van der Waals surface area contributed by atoms with Crippen molar-refractivity contribution in [3.63, 3.8) is 0 Å². The number of hydrogen-bond acceptors (Lipinski definition) is 4. The first-order valence-corrected chi connectivity index (χ1v) is 9.09. The molecule has 0 amide bonds. The summed E-state index contributed by atoms with van der Waals surface area (Å²) in [5.41, 5.74) is 2.89. The van der Waals surface area contributed by atoms with Crippen molar-refractivity contribution in [3.05, 3.63) is 58.6 Å². The lowest BCUT2D eigenvalue weighted by Crippen LogP contribution is -2.32. The topological polar surface area (TPSA) is 70.4 Å². The van der Waals surface area contributed by atoms with Crippen LogP contribution in [0.25, 0.3) is 0 Å². The van der Waals surface area contributed by atoms with Gasteiger partial charge in [-0.05, 0) is 67.4 Å². The zero-order valence-electron chi connectivity index (χ0n) is 14.6. The van der Waals surface area contributed by atoms with Crippen LogP contribution in [0.5, 0.6) is 0 Å². The maximum Gasteiger partial charge on any atom is 0.269 e. The van der Waals surface area contributed by atoms with Crippen LogP contribution in [0.15, 0.2) is 48.5 Å². The Labute approximate surface area is 158 Å². The second kappa shape index (κ2) is 8.14. The van der Waals surface area contributed by atoms with E-state index in [-0.39, 0.29) is 5.69 Å². The highest BCUT2D eigenvalue weighted by atomic mass is 32.1. The van der Waals surface area contributed by atoms with Gasteiger partial charge < -0.3 is 15.5 Å². The van der Waals surface area contributed by atoms with Gasteiger partial charge in [-0.15, -0.1) is 0 Å². The minimum absolute atomic E-state index is 0.0529. The second-order valence-corrected chi connectivity index (χ2v) is 7.01. The van der Waals surface area contributed by atoms with E-state index in [4.69, 9.17) is 12.2 Å². The fourth-order valence-corrected chi connectivity index (χ4v) is 3.22. The highest BCUT2D eigenvalue weighted by Crippen LogP contribution is 2.24. The van der Waals surface area contributed by atoms with Crippen LogP contribution < -0.4 is 15.5 Å². The smallest absolute Gasteiger partial charge is 0.269 e. The molecule has 0 aliphatic carbocycles. The van der Waals surface area contributed by atoms with Gasteiger partial charge in [0.1, 0.15) is 0 Å². The van der Waals surface area contributed by atoms with E-state index in [9.17, 15) is 10.1 Å². The number of nitro groups is 1. The Morgan fingerprint density at radius 1 is 1.04 bits per heavy atom. The molecule has 3 rings (SSSR count). The number of thiocarbonyl (C=S) groups is 1. The Bertz CT molecular complexity index is 769. The van der Waals surface area contributed by atoms with Crippen molar-refractivity contribution in [2.75, 3.05) is 28.6 Å². The number of nitrogens with one attached hydrogen (secondary N) is 2. The molecule has 6 nitrogen and oxygen atoms in total. The number of nitro benzene ring substituents is 1. The van der Waals surface area contributed by atoms with Crippen molar-refractivity contribution >= 4 is 40.1 Å². The molecule has 0 spiro atoms. The van der Waals surface area contributed by atoms with Crippen molar-refractivity contribution in [2.45, 2.75) is 19.8 Å². The molecule has 1 aliphatic heterocycles. The summed E-state index contributed by atoms with van der Waals surface area (Å²) in [6.07, 6.45) is 2.48. The normalized spacial score (nSPS) is 14.7. The van der Waals surface area contributed by atoms with E-state index in [0.29, 0.717) is 10.8 Å². The van der Waals surface area contributed by atoms with Crippen LogP contribution in [0.2, 0.25) is 0 Å². The highest BCUT2D eigenvalue weighted by molar-refractivity contribution is 7.80. The van der Waals surface area contributed by atoms with Gasteiger partial charge in [0.15, 0.2) is 5.11 Å². The standard InChI is InChI=1S/C19H22N4O2S/c1-14-10-12-22(13-11-14)17-6-2-15(3-7-17)20-19(26)21-16-4-8-18(9-5-16)23(24)25/h2-9,14H,10-13H2,1H3,(H2,20,21,26). The third-order valence-corrected chi connectivity index (χ3v) is 4.81. The van der Waals surface area contributed by atoms with Crippen molar-refractivity contribution in [2.24, 2.45) is 5.92 Å². The van der Waals surface area contributed by atoms with E-state index in [1.54, 1.807) is 12.1 Å². The van der Waals surface area contributed by atoms with Crippen LogP contribution in [0.1, 0.15) is 19.8 Å². The lowest BCUT2D eigenvalue weighted by atomic mass is 9.99. The average Bonchev–Trinajstić information content (AvgIpc) is 2.63. The van der Waals surface area contributed by atoms with E-state index < -0.39 is 4.92 Å². The molecule has 2 aromatic rings. The fourth-order valence-electron chi connectivity index (χ4n) is 2.98. The number of piperidine rings is 1. The zero-order chi connectivity index (χ0) is 18.5. The number of non-ortho nitro benzene ring substituents is 1. The molecule has 7 heteroatoms.